The Bertz CT molecular complexity index is 2170. The Morgan fingerprint density at radius 2 is 1.86 bits per heavy atom. The van der Waals surface area contributed by atoms with Crippen LogP contribution in [-0.2, 0) is 4.79 Å². The Kier molecular flexibility index (Phi) is 7.75. The van der Waals surface area contributed by atoms with Crippen molar-refractivity contribution < 1.29 is 19.4 Å². The summed E-state index contributed by atoms with van der Waals surface area (Å²) >= 11 is 1.22. The summed E-state index contributed by atoms with van der Waals surface area (Å²) in [5.74, 6) is 2.80. The van der Waals surface area contributed by atoms with Crippen LogP contribution in [0.15, 0.2) is 106 Å². The first kappa shape index (κ1) is 28.5. The first-order chi connectivity index (χ1) is 21.4. The van der Waals surface area contributed by atoms with Gasteiger partial charge in [0, 0.05) is 11.3 Å². The minimum atomic E-state index is -0.851. The summed E-state index contributed by atoms with van der Waals surface area (Å²) in [5, 5.41) is 15.1. The zero-order chi connectivity index (χ0) is 30.8. The van der Waals surface area contributed by atoms with E-state index in [-0.39, 0.29) is 23.7 Å². The second kappa shape index (κ2) is 12.0. The molecule has 0 unspecified atom stereocenters. The number of methoxy groups -OCH3 is 1. The number of ether oxygens (including phenoxy) is 2. The number of para-hydroxylation sites is 1. The lowest BCUT2D eigenvalue weighted by Gasteiger charge is -2.25. The van der Waals surface area contributed by atoms with Crippen molar-refractivity contribution >= 4 is 39.8 Å². The Balaban J connectivity index is 1.57. The molecular weight excluding hydrogens is 574 g/mol. The van der Waals surface area contributed by atoms with Crippen LogP contribution in [0.25, 0.3) is 16.8 Å². The van der Waals surface area contributed by atoms with Gasteiger partial charge in [0.1, 0.15) is 12.4 Å². The Labute approximate surface area is 256 Å². The highest BCUT2D eigenvalue weighted by Crippen LogP contribution is 2.36. The molecule has 2 heterocycles. The maximum absolute atomic E-state index is 14.3. The number of amides is 1. The van der Waals surface area contributed by atoms with Crippen molar-refractivity contribution in [3.8, 4) is 29.6 Å². The predicted molar refractivity (Wildman–Crippen MR) is 172 cm³/mol. The minimum absolute atomic E-state index is 0.0601. The lowest BCUT2D eigenvalue weighted by Crippen LogP contribution is -2.40. The number of nitrogens with zero attached hydrogens (tertiary/aromatic N) is 2. The number of allylic oxidation sites excluding steroid dienone is 1. The molecule has 0 radical (unpaired) electrons. The fourth-order valence-corrected chi connectivity index (χ4v) is 6.34. The quantitative estimate of drug-likeness (QED) is 0.262. The minimum Gasteiger partial charge on any atom is -0.504 e. The first-order valence-electron chi connectivity index (χ1n) is 13.7. The molecule has 0 bridgehead atoms. The van der Waals surface area contributed by atoms with Gasteiger partial charge in [-0.25, -0.2) is 4.99 Å². The number of carbonyl (C=O) groups excluding carboxylic acids is 1. The van der Waals surface area contributed by atoms with E-state index < -0.39 is 11.9 Å². The number of phenolic OH excluding ortho intramolecular Hbond substituents is 1. The van der Waals surface area contributed by atoms with Gasteiger partial charge >= 0.3 is 0 Å². The molecular formula is C35H27N3O5S. The number of aromatic nitrogens is 1. The highest BCUT2D eigenvalue weighted by molar-refractivity contribution is 7.07. The van der Waals surface area contributed by atoms with Gasteiger partial charge in [-0.15, -0.1) is 6.42 Å². The normalized spacial score (nSPS) is 14.5. The zero-order valence-electron chi connectivity index (χ0n) is 23.9. The summed E-state index contributed by atoms with van der Waals surface area (Å²) < 4.78 is 13.2. The molecule has 4 aromatic carbocycles. The van der Waals surface area contributed by atoms with E-state index in [0.717, 1.165) is 10.8 Å². The molecule has 5 aromatic rings. The number of hydrogen-bond acceptors (Lipinski definition) is 7. The van der Waals surface area contributed by atoms with Crippen molar-refractivity contribution in [3.05, 3.63) is 127 Å². The number of benzene rings is 4. The molecule has 6 rings (SSSR count). The van der Waals surface area contributed by atoms with E-state index in [2.05, 4.69) is 11.2 Å². The smallest absolute Gasteiger partial charge is 0.271 e. The molecule has 0 spiro atoms. The number of nitrogens with one attached hydrogen (secondary N) is 1. The molecule has 0 saturated carbocycles. The van der Waals surface area contributed by atoms with Crippen LogP contribution in [0.1, 0.15) is 24.1 Å². The van der Waals surface area contributed by atoms with Gasteiger partial charge < -0.3 is 19.9 Å². The molecule has 8 nitrogen and oxygen atoms in total. The summed E-state index contributed by atoms with van der Waals surface area (Å²) in [5.41, 5.74) is 2.31. The third kappa shape index (κ3) is 5.23. The number of anilines is 1. The van der Waals surface area contributed by atoms with Gasteiger partial charge in [-0.05, 0) is 59.7 Å². The van der Waals surface area contributed by atoms with Gasteiger partial charge in [0.05, 0.1) is 29.0 Å². The van der Waals surface area contributed by atoms with E-state index in [1.54, 1.807) is 37.3 Å². The van der Waals surface area contributed by atoms with Crippen molar-refractivity contribution in [1.29, 1.82) is 0 Å². The van der Waals surface area contributed by atoms with E-state index in [4.69, 9.17) is 20.9 Å². The molecule has 44 heavy (non-hydrogen) atoms. The van der Waals surface area contributed by atoms with E-state index >= 15 is 0 Å². The van der Waals surface area contributed by atoms with Crippen LogP contribution in [-0.4, -0.2) is 29.3 Å². The van der Waals surface area contributed by atoms with Crippen LogP contribution >= 0.6 is 11.3 Å². The molecule has 1 aromatic heterocycles. The third-order valence-corrected chi connectivity index (χ3v) is 8.32. The van der Waals surface area contributed by atoms with Crippen LogP contribution in [0.2, 0.25) is 0 Å². The standard InChI is InChI=1S/C35H27N3O5S/c1-4-18-43-28-17-15-22-10-8-9-13-25(22)26(28)20-30-34(41)38-32(23-14-16-27(39)29(19-23)42-3)31(21(2)36-35(38)44-30)33(40)37-24-11-6-5-7-12-24/h1,5-17,19-20,32,39H,18H2,2-3H3,(H,37,40)/b30-20-/t32-/m1/s1. The van der Waals surface area contributed by atoms with Crippen LogP contribution in [0.5, 0.6) is 17.2 Å². The number of rotatable bonds is 7. The first-order valence-corrected chi connectivity index (χ1v) is 14.5. The van der Waals surface area contributed by atoms with E-state index in [1.165, 1.54) is 29.1 Å². The van der Waals surface area contributed by atoms with Gasteiger partial charge in [-0.1, -0.05) is 71.9 Å². The second-order valence-corrected chi connectivity index (χ2v) is 11.0. The fourth-order valence-electron chi connectivity index (χ4n) is 5.31. The number of thiazole rings is 1. The molecule has 1 aliphatic heterocycles. The van der Waals surface area contributed by atoms with Crippen molar-refractivity contribution in [3.63, 3.8) is 0 Å². The molecule has 1 atom stereocenters. The zero-order valence-corrected chi connectivity index (χ0v) is 24.7. The largest absolute Gasteiger partial charge is 0.504 e. The second-order valence-electron chi connectivity index (χ2n) is 10.0. The maximum Gasteiger partial charge on any atom is 0.271 e. The summed E-state index contributed by atoms with van der Waals surface area (Å²) in [4.78, 5) is 33.3. The van der Waals surface area contributed by atoms with Crippen LogP contribution < -0.4 is 29.7 Å². The van der Waals surface area contributed by atoms with Crippen LogP contribution in [0.4, 0.5) is 5.69 Å². The monoisotopic (exact) mass is 601 g/mol. The molecule has 1 amide bonds. The maximum atomic E-state index is 14.3. The average molecular weight is 602 g/mol. The Morgan fingerprint density at radius 1 is 1.09 bits per heavy atom. The number of hydrogen-bond donors (Lipinski definition) is 2. The lowest BCUT2D eigenvalue weighted by atomic mass is 9.94. The van der Waals surface area contributed by atoms with Crippen molar-refractivity contribution in [1.82, 2.24) is 4.57 Å². The molecule has 0 aliphatic carbocycles. The molecule has 1 aliphatic rings. The van der Waals surface area contributed by atoms with Gasteiger partial charge in [-0.2, -0.15) is 0 Å². The van der Waals surface area contributed by atoms with Crippen LogP contribution in [0, 0.1) is 12.3 Å². The van der Waals surface area contributed by atoms with E-state index in [0.29, 0.717) is 43.2 Å². The number of carbonyl (C=O) groups is 1. The molecule has 0 fully saturated rings. The van der Waals surface area contributed by atoms with Crippen molar-refractivity contribution in [2.45, 2.75) is 13.0 Å². The number of fused-ring (bicyclic) bond motifs is 2. The van der Waals surface area contributed by atoms with E-state index in [9.17, 15) is 14.7 Å². The Hall–Kier alpha value is -5.59. The third-order valence-electron chi connectivity index (χ3n) is 7.33. The summed E-state index contributed by atoms with van der Waals surface area (Å²) in [6.07, 6.45) is 7.26. The highest BCUT2D eigenvalue weighted by atomic mass is 32.1. The molecule has 218 valence electrons. The SMILES string of the molecule is C#CCOc1ccc2ccccc2c1/C=c1\sc2n(c1=O)[C@H](c1ccc(O)c(OC)c1)C(C(=O)Nc1ccccc1)=C(C)N=2. The highest BCUT2D eigenvalue weighted by Gasteiger charge is 2.33. The summed E-state index contributed by atoms with van der Waals surface area (Å²) in [7, 11) is 1.44. The summed E-state index contributed by atoms with van der Waals surface area (Å²) in [6, 6.07) is 24.6. The predicted octanol–water partition coefficient (Wildman–Crippen LogP) is 4.75. The van der Waals surface area contributed by atoms with Gasteiger partial charge in [0.2, 0.25) is 0 Å². The number of aromatic hydroxyl groups is 1. The van der Waals surface area contributed by atoms with Gasteiger partial charge in [0.25, 0.3) is 11.5 Å². The van der Waals surface area contributed by atoms with Gasteiger partial charge in [0.15, 0.2) is 16.3 Å². The van der Waals surface area contributed by atoms with E-state index in [1.807, 2.05) is 54.6 Å². The molecule has 2 N–H and O–H groups in total. The summed E-state index contributed by atoms with van der Waals surface area (Å²) in [6.45, 7) is 1.82. The topological polar surface area (TPSA) is 102 Å². The number of terminal acetylenes is 1. The van der Waals surface area contributed by atoms with Crippen molar-refractivity contribution in [2.24, 2.45) is 4.99 Å². The van der Waals surface area contributed by atoms with Crippen LogP contribution in [0.3, 0.4) is 0 Å². The van der Waals surface area contributed by atoms with Gasteiger partial charge in [-0.3, -0.25) is 14.2 Å². The molecule has 0 saturated heterocycles. The average Bonchev–Trinajstić information content (AvgIpc) is 3.34. The van der Waals surface area contributed by atoms with Crippen molar-refractivity contribution in [2.75, 3.05) is 19.0 Å². The Morgan fingerprint density at radius 3 is 2.64 bits per heavy atom. The number of phenols is 1. The molecule has 9 heteroatoms. The lowest BCUT2D eigenvalue weighted by molar-refractivity contribution is -0.113. The fraction of sp³-hybridized carbons (Fsp3) is 0.114.